The molecular formula is C24H19BrClNO3. The average molecular weight is 485 g/mol. The Morgan fingerprint density at radius 3 is 2.57 bits per heavy atom. The lowest BCUT2D eigenvalue weighted by Gasteiger charge is -2.39. The SMILES string of the molecule is CC1(C)CC(=O)C2=C(C1)Nc1c(c3cc(Br)ccc3oc1=O)C2c1ccc(Cl)cc1. The fourth-order valence-corrected chi connectivity index (χ4v) is 5.17. The van der Waals surface area contributed by atoms with E-state index in [9.17, 15) is 9.59 Å². The van der Waals surface area contributed by atoms with Gasteiger partial charge in [-0.1, -0.05) is 53.5 Å². The van der Waals surface area contributed by atoms with Crippen molar-refractivity contribution in [2.75, 3.05) is 5.32 Å². The summed E-state index contributed by atoms with van der Waals surface area (Å²) >= 11 is 9.66. The third-order valence-corrected chi connectivity index (χ3v) is 6.63. The van der Waals surface area contributed by atoms with E-state index in [2.05, 4.69) is 35.1 Å². The highest BCUT2D eigenvalue weighted by molar-refractivity contribution is 9.10. The molecule has 0 radical (unpaired) electrons. The number of fused-ring (bicyclic) bond motifs is 3. The van der Waals surface area contributed by atoms with Gasteiger partial charge in [0, 0.05) is 44.1 Å². The van der Waals surface area contributed by atoms with Gasteiger partial charge in [0.25, 0.3) is 0 Å². The first kappa shape index (κ1) is 19.6. The quantitative estimate of drug-likeness (QED) is 0.406. The summed E-state index contributed by atoms with van der Waals surface area (Å²) in [5.74, 6) is -0.256. The number of hydrogen-bond donors (Lipinski definition) is 1. The van der Waals surface area contributed by atoms with E-state index < -0.39 is 5.63 Å². The van der Waals surface area contributed by atoms with E-state index in [4.69, 9.17) is 16.0 Å². The Bertz CT molecular complexity index is 1300. The van der Waals surface area contributed by atoms with E-state index in [1.165, 1.54) is 0 Å². The molecule has 6 heteroatoms. The molecule has 0 amide bonds. The number of hydrogen-bond acceptors (Lipinski definition) is 4. The molecule has 0 spiro atoms. The minimum atomic E-state index is -0.429. The maximum atomic E-state index is 13.4. The van der Waals surface area contributed by atoms with Crippen LogP contribution in [0.3, 0.4) is 0 Å². The molecule has 4 nitrogen and oxygen atoms in total. The molecule has 1 aromatic heterocycles. The van der Waals surface area contributed by atoms with Gasteiger partial charge in [0.2, 0.25) is 0 Å². The Hall–Kier alpha value is -2.37. The van der Waals surface area contributed by atoms with Crippen molar-refractivity contribution in [3.05, 3.63) is 84.8 Å². The second-order valence-electron chi connectivity index (χ2n) is 8.76. The monoisotopic (exact) mass is 483 g/mol. The molecule has 1 aliphatic heterocycles. The molecule has 5 rings (SSSR count). The number of allylic oxidation sites excluding steroid dienone is 2. The van der Waals surface area contributed by atoms with Crippen molar-refractivity contribution in [2.24, 2.45) is 5.41 Å². The zero-order valence-electron chi connectivity index (χ0n) is 16.5. The molecule has 1 atom stereocenters. The maximum absolute atomic E-state index is 13.4. The topological polar surface area (TPSA) is 59.3 Å². The van der Waals surface area contributed by atoms with Gasteiger partial charge in [0.15, 0.2) is 5.78 Å². The zero-order chi connectivity index (χ0) is 21.2. The van der Waals surface area contributed by atoms with Crippen molar-refractivity contribution in [2.45, 2.75) is 32.6 Å². The van der Waals surface area contributed by atoms with Gasteiger partial charge in [-0.15, -0.1) is 0 Å². The van der Waals surface area contributed by atoms with Crippen LogP contribution < -0.4 is 10.9 Å². The van der Waals surface area contributed by atoms with Gasteiger partial charge in [0.1, 0.15) is 11.3 Å². The molecule has 2 heterocycles. The third-order valence-electron chi connectivity index (χ3n) is 5.88. The van der Waals surface area contributed by atoms with Crippen molar-refractivity contribution in [1.29, 1.82) is 0 Å². The Morgan fingerprint density at radius 2 is 1.83 bits per heavy atom. The van der Waals surface area contributed by atoms with E-state index in [1.807, 2.05) is 36.4 Å². The molecule has 1 N–H and O–H groups in total. The molecule has 2 aromatic carbocycles. The molecule has 3 aromatic rings. The average Bonchev–Trinajstić information content (AvgIpc) is 2.67. The van der Waals surface area contributed by atoms with Crippen LogP contribution >= 0.6 is 27.5 Å². The molecule has 1 aliphatic carbocycles. The fraction of sp³-hybridized carbons (Fsp3) is 0.250. The maximum Gasteiger partial charge on any atom is 0.360 e. The molecule has 2 aliphatic rings. The Balaban J connectivity index is 1.87. The van der Waals surface area contributed by atoms with Gasteiger partial charge in [0.05, 0.1) is 0 Å². The third kappa shape index (κ3) is 3.12. The van der Waals surface area contributed by atoms with Crippen molar-refractivity contribution in [3.63, 3.8) is 0 Å². The lowest BCUT2D eigenvalue weighted by atomic mass is 9.68. The fourth-order valence-electron chi connectivity index (χ4n) is 4.68. The van der Waals surface area contributed by atoms with Crippen molar-refractivity contribution >= 4 is 50.0 Å². The van der Waals surface area contributed by atoms with Crippen LogP contribution in [0, 0.1) is 5.41 Å². The first-order valence-corrected chi connectivity index (χ1v) is 11.0. The molecule has 0 bridgehead atoms. The minimum absolute atomic E-state index is 0.107. The predicted octanol–water partition coefficient (Wildman–Crippen LogP) is 6.41. The lowest BCUT2D eigenvalue weighted by Crippen LogP contribution is -2.35. The van der Waals surface area contributed by atoms with Gasteiger partial charge < -0.3 is 9.73 Å². The molecule has 1 unspecified atom stereocenters. The number of Topliss-reactive ketones (excluding diaryl/α,β-unsaturated/α-hetero) is 1. The molecular weight excluding hydrogens is 466 g/mol. The summed E-state index contributed by atoms with van der Waals surface area (Å²) < 4.78 is 6.48. The number of carbonyl (C=O) groups excluding carboxylic acids is 1. The number of rotatable bonds is 1. The van der Waals surface area contributed by atoms with Crippen LogP contribution in [0.15, 0.2) is 67.4 Å². The van der Waals surface area contributed by atoms with Gasteiger partial charge in [-0.05, 0) is 47.7 Å². The smallest absolute Gasteiger partial charge is 0.360 e. The largest absolute Gasteiger partial charge is 0.421 e. The van der Waals surface area contributed by atoms with Gasteiger partial charge in [-0.25, -0.2) is 4.79 Å². The second kappa shape index (κ2) is 6.82. The molecule has 0 saturated heterocycles. The normalized spacial score (nSPS) is 20.0. The highest BCUT2D eigenvalue weighted by Gasteiger charge is 2.42. The number of nitrogens with one attached hydrogen (secondary N) is 1. The zero-order valence-corrected chi connectivity index (χ0v) is 18.9. The van der Waals surface area contributed by atoms with Crippen LogP contribution in [-0.4, -0.2) is 5.78 Å². The van der Waals surface area contributed by atoms with Crippen molar-refractivity contribution in [1.82, 2.24) is 0 Å². The standard InChI is InChI=1S/C24H19BrClNO3/c1-24(2)10-16-21(17(28)11-24)19(12-3-6-14(26)7-4-12)20-15-9-13(25)5-8-18(15)30-23(29)22(20)27-16/h3-9,19,27H,10-11H2,1-2H3. The van der Waals surface area contributed by atoms with Crippen LogP contribution in [0.25, 0.3) is 11.0 Å². The number of halogens is 2. The van der Waals surface area contributed by atoms with E-state index in [-0.39, 0.29) is 17.1 Å². The van der Waals surface area contributed by atoms with Gasteiger partial charge in [-0.2, -0.15) is 0 Å². The van der Waals surface area contributed by atoms with E-state index >= 15 is 0 Å². The summed E-state index contributed by atoms with van der Waals surface area (Å²) in [6.45, 7) is 4.15. The van der Waals surface area contributed by atoms with Crippen LogP contribution in [-0.2, 0) is 4.79 Å². The summed E-state index contributed by atoms with van der Waals surface area (Å²) in [7, 11) is 0. The summed E-state index contributed by atoms with van der Waals surface area (Å²) in [6, 6.07) is 13.0. The van der Waals surface area contributed by atoms with E-state index in [0.717, 1.165) is 32.3 Å². The Labute approximate surface area is 187 Å². The van der Waals surface area contributed by atoms with Crippen molar-refractivity contribution < 1.29 is 9.21 Å². The number of benzene rings is 2. The Morgan fingerprint density at radius 1 is 1.10 bits per heavy atom. The highest BCUT2D eigenvalue weighted by Crippen LogP contribution is 2.50. The number of anilines is 1. The molecule has 152 valence electrons. The van der Waals surface area contributed by atoms with Gasteiger partial charge >= 0.3 is 5.63 Å². The van der Waals surface area contributed by atoms with Crippen LogP contribution in [0.2, 0.25) is 5.02 Å². The van der Waals surface area contributed by atoms with Crippen LogP contribution in [0.5, 0.6) is 0 Å². The second-order valence-corrected chi connectivity index (χ2v) is 10.1. The minimum Gasteiger partial charge on any atom is -0.421 e. The summed E-state index contributed by atoms with van der Waals surface area (Å²) in [5, 5.41) is 4.71. The molecule has 30 heavy (non-hydrogen) atoms. The summed E-state index contributed by atoms with van der Waals surface area (Å²) in [5.41, 5.74) is 3.54. The number of ketones is 1. The molecule has 0 fully saturated rings. The molecule has 0 saturated carbocycles. The van der Waals surface area contributed by atoms with Crippen LogP contribution in [0.1, 0.15) is 43.7 Å². The predicted molar refractivity (Wildman–Crippen MR) is 122 cm³/mol. The number of carbonyl (C=O) groups is 1. The van der Waals surface area contributed by atoms with Crippen molar-refractivity contribution in [3.8, 4) is 0 Å². The lowest BCUT2D eigenvalue weighted by molar-refractivity contribution is -0.118. The highest BCUT2D eigenvalue weighted by atomic mass is 79.9. The Kier molecular flexibility index (Phi) is 4.46. The van der Waals surface area contributed by atoms with E-state index in [0.29, 0.717) is 29.1 Å². The summed E-state index contributed by atoms with van der Waals surface area (Å²) in [4.78, 5) is 26.3. The first-order valence-electron chi connectivity index (χ1n) is 9.78. The van der Waals surface area contributed by atoms with Gasteiger partial charge in [-0.3, -0.25) is 4.79 Å². The summed E-state index contributed by atoms with van der Waals surface area (Å²) in [6.07, 6.45) is 1.16. The van der Waals surface area contributed by atoms with E-state index in [1.54, 1.807) is 6.07 Å². The van der Waals surface area contributed by atoms with Crippen LogP contribution in [0.4, 0.5) is 5.69 Å². The first-order chi connectivity index (χ1) is 14.2.